The van der Waals surface area contributed by atoms with Gasteiger partial charge < -0.3 is 5.11 Å². The van der Waals surface area contributed by atoms with Crippen LogP contribution in [-0.2, 0) is 6.42 Å². The van der Waals surface area contributed by atoms with Crippen molar-refractivity contribution in [2.24, 2.45) is 0 Å². The molecule has 0 saturated heterocycles. The molecule has 1 aromatic heterocycles. The minimum absolute atomic E-state index is 0.309. The SMILES string of the molecule is CC(C)(C)N(C(=O)O)[C@@H](Cc1cccc(F)c1)c1nc(Br)ccc1Br. The first kappa shape index (κ1) is 19.8. The van der Waals surface area contributed by atoms with Gasteiger partial charge >= 0.3 is 6.09 Å². The van der Waals surface area contributed by atoms with E-state index in [9.17, 15) is 14.3 Å². The molecule has 1 N–H and O–H groups in total. The molecule has 0 aliphatic heterocycles. The summed E-state index contributed by atoms with van der Waals surface area (Å²) in [7, 11) is 0. The monoisotopic (exact) mass is 472 g/mol. The van der Waals surface area contributed by atoms with Gasteiger partial charge in [-0.05, 0) is 88.9 Å². The molecular weight excluding hydrogens is 455 g/mol. The molecule has 25 heavy (non-hydrogen) atoms. The lowest BCUT2D eigenvalue weighted by molar-refractivity contribution is 0.0679. The predicted molar refractivity (Wildman–Crippen MR) is 102 cm³/mol. The van der Waals surface area contributed by atoms with Gasteiger partial charge in [0, 0.05) is 10.0 Å². The van der Waals surface area contributed by atoms with Crippen molar-refractivity contribution < 1.29 is 14.3 Å². The van der Waals surface area contributed by atoms with Crippen LogP contribution in [0.25, 0.3) is 0 Å². The molecule has 0 spiro atoms. The number of carbonyl (C=O) groups is 1. The van der Waals surface area contributed by atoms with E-state index in [0.717, 1.165) is 0 Å². The Kier molecular flexibility index (Phi) is 6.21. The number of aromatic nitrogens is 1. The van der Waals surface area contributed by atoms with Gasteiger partial charge in [-0.1, -0.05) is 12.1 Å². The van der Waals surface area contributed by atoms with Gasteiger partial charge in [-0.25, -0.2) is 14.2 Å². The van der Waals surface area contributed by atoms with E-state index in [4.69, 9.17) is 0 Å². The zero-order valence-electron chi connectivity index (χ0n) is 14.1. The first-order chi connectivity index (χ1) is 11.6. The Labute approximate surface area is 163 Å². The topological polar surface area (TPSA) is 53.4 Å². The lowest BCUT2D eigenvalue weighted by Gasteiger charge is -2.39. The molecule has 134 valence electrons. The highest BCUT2D eigenvalue weighted by molar-refractivity contribution is 9.11. The lowest BCUT2D eigenvalue weighted by atomic mass is 9.96. The second kappa shape index (κ2) is 7.83. The third-order valence-electron chi connectivity index (χ3n) is 3.71. The Morgan fingerprint density at radius 2 is 1.96 bits per heavy atom. The van der Waals surface area contributed by atoms with Gasteiger partial charge in [0.2, 0.25) is 0 Å². The van der Waals surface area contributed by atoms with Gasteiger partial charge in [0.15, 0.2) is 0 Å². The lowest BCUT2D eigenvalue weighted by Crippen LogP contribution is -2.48. The van der Waals surface area contributed by atoms with Crippen molar-refractivity contribution in [1.82, 2.24) is 9.88 Å². The molecule has 0 aliphatic rings. The van der Waals surface area contributed by atoms with E-state index >= 15 is 0 Å². The van der Waals surface area contributed by atoms with Crippen LogP contribution in [0.1, 0.15) is 38.1 Å². The van der Waals surface area contributed by atoms with E-state index in [0.29, 0.717) is 26.8 Å². The standard InChI is InChI=1S/C18H19Br2FN2O2/c1-18(2,3)23(17(24)25)14(10-11-5-4-6-12(21)9-11)16-13(19)7-8-15(20)22-16/h4-9,14H,10H2,1-3H3,(H,24,25)/t14-/m0/s1. The molecule has 0 saturated carbocycles. The molecule has 1 amide bonds. The maximum absolute atomic E-state index is 13.6. The second-order valence-electron chi connectivity index (χ2n) is 6.67. The minimum Gasteiger partial charge on any atom is -0.465 e. The van der Waals surface area contributed by atoms with Crippen molar-refractivity contribution in [2.75, 3.05) is 0 Å². The zero-order valence-corrected chi connectivity index (χ0v) is 17.3. The van der Waals surface area contributed by atoms with Crippen LogP contribution in [0.3, 0.4) is 0 Å². The number of pyridine rings is 1. The molecule has 0 fully saturated rings. The molecule has 0 radical (unpaired) electrons. The van der Waals surface area contributed by atoms with E-state index in [1.54, 1.807) is 18.2 Å². The van der Waals surface area contributed by atoms with Gasteiger partial charge in [-0.15, -0.1) is 0 Å². The summed E-state index contributed by atoms with van der Waals surface area (Å²) in [6.45, 7) is 5.47. The number of amides is 1. The molecule has 1 atom stereocenters. The van der Waals surface area contributed by atoms with Crippen LogP contribution in [0.15, 0.2) is 45.5 Å². The van der Waals surface area contributed by atoms with Crippen molar-refractivity contribution in [3.8, 4) is 0 Å². The average Bonchev–Trinajstić information content (AvgIpc) is 2.47. The Balaban J connectivity index is 2.58. The van der Waals surface area contributed by atoms with Crippen LogP contribution in [0.5, 0.6) is 0 Å². The zero-order chi connectivity index (χ0) is 18.8. The van der Waals surface area contributed by atoms with E-state index in [1.807, 2.05) is 26.8 Å². The van der Waals surface area contributed by atoms with Crippen LogP contribution >= 0.6 is 31.9 Å². The van der Waals surface area contributed by atoms with Gasteiger partial charge in [0.1, 0.15) is 10.4 Å². The Morgan fingerprint density at radius 3 is 2.52 bits per heavy atom. The third kappa shape index (κ3) is 5.01. The van der Waals surface area contributed by atoms with Crippen LogP contribution in [-0.4, -0.2) is 26.6 Å². The largest absolute Gasteiger partial charge is 0.465 e. The first-order valence-electron chi connectivity index (χ1n) is 7.68. The molecule has 4 nitrogen and oxygen atoms in total. The molecule has 1 aromatic carbocycles. The molecule has 2 rings (SSSR count). The maximum Gasteiger partial charge on any atom is 0.408 e. The van der Waals surface area contributed by atoms with Gasteiger partial charge in [0.05, 0.1) is 11.7 Å². The summed E-state index contributed by atoms with van der Waals surface area (Å²) in [5, 5.41) is 9.83. The number of carboxylic acid groups (broad SMARTS) is 1. The predicted octanol–water partition coefficient (Wildman–Crippen LogP) is 5.81. The van der Waals surface area contributed by atoms with Crippen molar-refractivity contribution in [2.45, 2.75) is 38.8 Å². The summed E-state index contributed by atoms with van der Waals surface area (Å²) in [6, 6.07) is 9.19. The molecule has 0 unspecified atom stereocenters. The number of benzene rings is 1. The summed E-state index contributed by atoms with van der Waals surface area (Å²) >= 11 is 6.81. The summed E-state index contributed by atoms with van der Waals surface area (Å²) in [6.07, 6.45) is -0.744. The van der Waals surface area contributed by atoms with Crippen LogP contribution < -0.4 is 0 Å². The fourth-order valence-corrected chi connectivity index (χ4v) is 3.56. The third-order valence-corrected chi connectivity index (χ3v) is 4.83. The summed E-state index contributed by atoms with van der Waals surface area (Å²) < 4.78 is 14.9. The molecular formula is C18H19Br2FN2O2. The number of hydrogen-bond acceptors (Lipinski definition) is 2. The Bertz CT molecular complexity index is 778. The number of nitrogens with zero attached hydrogens (tertiary/aromatic N) is 2. The fraction of sp³-hybridized carbons (Fsp3) is 0.333. The van der Waals surface area contributed by atoms with Crippen molar-refractivity contribution in [3.63, 3.8) is 0 Å². The molecule has 0 bridgehead atoms. The Hall–Kier alpha value is -1.47. The summed E-state index contributed by atoms with van der Waals surface area (Å²) in [4.78, 5) is 17.8. The average molecular weight is 474 g/mol. The van der Waals surface area contributed by atoms with E-state index in [1.165, 1.54) is 17.0 Å². The smallest absolute Gasteiger partial charge is 0.408 e. The van der Waals surface area contributed by atoms with Crippen molar-refractivity contribution in [3.05, 3.63) is 62.5 Å². The summed E-state index contributed by atoms with van der Waals surface area (Å²) in [5.41, 5.74) is 0.623. The van der Waals surface area contributed by atoms with Gasteiger partial charge in [-0.2, -0.15) is 0 Å². The number of rotatable bonds is 4. The van der Waals surface area contributed by atoms with E-state index < -0.39 is 17.7 Å². The highest BCUT2D eigenvalue weighted by Crippen LogP contribution is 2.35. The minimum atomic E-state index is -1.05. The quantitative estimate of drug-likeness (QED) is 0.570. The second-order valence-corrected chi connectivity index (χ2v) is 8.34. The van der Waals surface area contributed by atoms with Gasteiger partial charge in [-0.3, -0.25) is 4.90 Å². The number of halogens is 3. The van der Waals surface area contributed by atoms with Crippen LogP contribution in [0.2, 0.25) is 0 Å². The maximum atomic E-state index is 13.6. The number of hydrogen-bond donors (Lipinski definition) is 1. The van der Waals surface area contributed by atoms with Crippen LogP contribution in [0, 0.1) is 5.82 Å². The van der Waals surface area contributed by atoms with Crippen LogP contribution in [0.4, 0.5) is 9.18 Å². The first-order valence-corrected chi connectivity index (χ1v) is 9.27. The van der Waals surface area contributed by atoms with Crippen molar-refractivity contribution >= 4 is 38.0 Å². The normalized spacial score (nSPS) is 12.7. The Morgan fingerprint density at radius 1 is 1.28 bits per heavy atom. The molecule has 2 aromatic rings. The highest BCUT2D eigenvalue weighted by atomic mass is 79.9. The molecule has 1 heterocycles. The fourth-order valence-electron chi connectivity index (χ4n) is 2.75. The molecule has 7 heteroatoms. The van der Waals surface area contributed by atoms with E-state index in [2.05, 4.69) is 36.8 Å². The summed E-state index contributed by atoms with van der Waals surface area (Å²) in [5.74, 6) is -0.352. The van der Waals surface area contributed by atoms with E-state index in [-0.39, 0.29) is 5.82 Å². The van der Waals surface area contributed by atoms with Crippen molar-refractivity contribution in [1.29, 1.82) is 0 Å². The highest BCUT2D eigenvalue weighted by Gasteiger charge is 2.36. The molecule has 0 aliphatic carbocycles. The van der Waals surface area contributed by atoms with Gasteiger partial charge in [0.25, 0.3) is 0 Å².